The molecule has 1 heterocycles. The Hall–Kier alpha value is -0.710. The highest BCUT2D eigenvalue weighted by Crippen LogP contribution is 2.43. The highest BCUT2D eigenvalue weighted by atomic mass is 15.1. The van der Waals surface area contributed by atoms with Gasteiger partial charge in [0.1, 0.15) is 0 Å². The SMILES string of the molecule is CC(C)C1(C(C)C)CCN(C#N)C1. The average Bonchev–Trinajstić information content (AvgIpc) is 2.48. The summed E-state index contributed by atoms with van der Waals surface area (Å²) in [6.07, 6.45) is 3.44. The van der Waals surface area contributed by atoms with Crippen LogP contribution in [0.3, 0.4) is 0 Å². The monoisotopic (exact) mass is 180 g/mol. The van der Waals surface area contributed by atoms with Crippen molar-refractivity contribution < 1.29 is 0 Å². The van der Waals surface area contributed by atoms with Gasteiger partial charge in [-0.25, -0.2) is 0 Å². The lowest BCUT2D eigenvalue weighted by Crippen LogP contribution is -2.35. The fourth-order valence-corrected chi connectivity index (χ4v) is 2.55. The Labute approximate surface area is 81.5 Å². The van der Waals surface area contributed by atoms with Gasteiger partial charge in [-0.05, 0) is 23.7 Å². The maximum atomic E-state index is 8.84. The van der Waals surface area contributed by atoms with Crippen molar-refractivity contribution in [1.29, 1.82) is 5.26 Å². The standard InChI is InChI=1S/C11H20N2/c1-9(2)11(10(3)4)5-6-13(7-11)8-12/h9-10H,5-7H2,1-4H3. The molecule has 74 valence electrons. The van der Waals surface area contributed by atoms with E-state index in [0.717, 1.165) is 13.1 Å². The molecule has 1 rings (SSSR count). The van der Waals surface area contributed by atoms with Gasteiger partial charge in [-0.1, -0.05) is 27.7 Å². The van der Waals surface area contributed by atoms with Crippen LogP contribution in [0.25, 0.3) is 0 Å². The van der Waals surface area contributed by atoms with Crippen LogP contribution >= 0.6 is 0 Å². The first-order valence-corrected chi connectivity index (χ1v) is 5.17. The number of rotatable bonds is 2. The molecule has 1 saturated heterocycles. The minimum absolute atomic E-state index is 0.371. The minimum Gasteiger partial charge on any atom is -0.310 e. The minimum atomic E-state index is 0.371. The number of nitrogens with zero attached hydrogens (tertiary/aromatic N) is 2. The van der Waals surface area contributed by atoms with E-state index < -0.39 is 0 Å². The highest BCUT2D eigenvalue weighted by Gasteiger charge is 2.42. The molecule has 1 aliphatic heterocycles. The van der Waals surface area contributed by atoms with Gasteiger partial charge in [0.2, 0.25) is 0 Å². The Morgan fingerprint density at radius 3 is 2.00 bits per heavy atom. The third-order valence-electron chi connectivity index (χ3n) is 3.77. The van der Waals surface area contributed by atoms with Crippen LogP contribution in [0, 0.1) is 28.7 Å². The number of hydrogen-bond donors (Lipinski definition) is 0. The quantitative estimate of drug-likeness (QED) is 0.610. The largest absolute Gasteiger partial charge is 0.310 e. The van der Waals surface area contributed by atoms with Gasteiger partial charge in [0.05, 0.1) is 0 Å². The van der Waals surface area contributed by atoms with Crippen molar-refractivity contribution in [2.45, 2.75) is 34.1 Å². The fraction of sp³-hybridized carbons (Fsp3) is 0.909. The van der Waals surface area contributed by atoms with E-state index >= 15 is 0 Å². The van der Waals surface area contributed by atoms with Crippen LogP contribution in [-0.2, 0) is 0 Å². The zero-order valence-corrected chi connectivity index (χ0v) is 9.17. The summed E-state index contributed by atoms with van der Waals surface area (Å²) < 4.78 is 0. The normalized spacial score (nSPS) is 21.2. The molecule has 0 saturated carbocycles. The summed E-state index contributed by atoms with van der Waals surface area (Å²) in [6, 6.07) is 0. The van der Waals surface area contributed by atoms with Gasteiger partial charge in [-0.2, -0.15) is 5.26 Å². The van der Waals surface area contributed by atoms with E-state index in [0.29, 0.717) is 17.3 Å². The van der Waals surface area contributed by atoms with Crippen molar-refractivity contribution in [3.8, 4) is 6.19 Å². The topological polar surface area (TPSA) is 27.0 Å². The second-order valence-corrected chi connectivity index (χ2v) is 4.81. The lowest BCUT2D eigenvalue weighted by Gasteiger charge is -2.37. The summed E-state index contributed by atoms with van der Waals surface area (Å²) in [5.41, 5.74) is 0.371. The molecule has 0 amide bonds. The molecule has 1 aliphatic rings. The van der Waals surface area contributed by atoms with Crippen molar-refractivity contribution in [1.82, 2.24) is 4.90 Å². The second kappa shape index (κ2) is 3.57. The summed E-state index contributed by atoms with van der Waals surface area (Å²) in [5, 5.41) is 8.84. The Balaban J connectivity index is 2.79. The van der Waals surface area contributed by atoms with Gasteiger partial charge >= 0.3 is 0 Å². The van der Waals surface area contributed by atoms with Gasteiger partial charge in [-0.15, -0.1) is 0 Å². The van der Waals surface area contributed by atoms with Crippen molar-refractivity contribution in [3.63, 3.8) is 0 Å². The lowest BCUT2D eigenvalue weighted by molar-refractivity contribution is 0.127. The summed E-state index contributed by atoms with van der Waals surface area (Å²) in [4.78, 5) is 1.90. The summed E-state index contributed by atoms with van der Waals surface area (Å²) >= 11 is 0. The van der Waals surface area contributed by atoms with E-state index in [9.17, 15) is 0 Å². The summed E-state index contributed by atoms with van der Waals surface area (Å²) in [6.45, 7) is 11.0. The highest BCUT2D eigenvalue weighted by molar-refractivity contribution is 4.97. The number of nitriles is 1. The van der Waals surface area contributed by atoms with Crippen LogP contribution in [0.15, 0.2) is 0 Å². The molecule has 1 fully saturated rings. The molecule has 0 unspecified atom stereocenters. The first-order valence-electron chi connectivity index (χ1n) is 5.17. The van der Waals surface area contributed by atoms with E-state index in [1.807, 2.05) is 4.90 Å². The van der Waals surface area contributed by atoms with Crippen LogP contribution in [-0.4, -0.2) is 18.0 Å². The zero-order valence-electron chi connectivity index (χ0n) is 9.17. The Morgan fingerprint density at radius 2 is 1.77 bits per heavy atom. The van der Waals surface area contributed by atoms with Crippen molar-refractivity contribution >= 4 is 0 Å². The lowest BCUT2D eigenvalue weighted by atomic mass is 9.68. The van der Waals surface area contributed by atoms with Gasteiger partial charge < -0.3 is 4.90 Å². The van der Waals surface area contributed by atoms with Gasteiger partial charge in [0.25, 0.3) is 0 Å². The maximum Gasteiger partial charge on any atom is 0.179 e. The van der Waals surface area contributed by atoms with Crippen molar-refractivity contribution in [2.75, 3.05) is 13.1 Å². The predicted octanol–water partition coefficient (Wildman–Crippen LogP) is 2.47. The molecule has 13 heavy (non-hydrogen) atoms. The smallest absolute Gasteiger partial charge is 0.179 e. The van der Waals surface area contributed by atoms with Crippen molar-refractivity contribution in [2.24, 2.45) is 17.3 Å². The summed E-state index contributed by atoms with van der Waals surface area (Å²) in [5.74, 6) is 1.34. The Morgan fingerprint density at radius 1 is 1.23 bits per heavy atom. The molecule has 0 aromatic heterocycles. The van der Waals surface area contributed by atoms with E-state index in [-0.39, 0.29) is 0 Å². The molecule has 0 atom stereocenters. The molecule has 0 bridgehead atoms. The van der Waals surface area contributed by atoms with E-state index in [4.69, 9.17) is 5.26 Å². The zero-order chi connectivity index (χ0) is 10.1. The van der Waals surface area contributed by atoms with Gasteiger partial charge in [-0.3, -0.25) is 0 Å². The third-order valence-corrected chi connectivity index (χ3v) is 3.77. The molecule has 0 spiro atoms. The molecule has 2 nitrogen and oxygen atoms in total. The molecule has 2 heteroatoms. The van der Waals surface area contributed by atoms with Crippen LogP contribution in [0.2, 0.25) is 0 Å². The molecule has 0 aromatic rings. The van der Waals surface area contributed by atoms with Crippen LogP contribution in [0.5, 0.6) is 0 Å². The maximum absolute atomic E-state index is 8.84. The number of likely N-dealkylation sites (tertiary alicyclic amines) is 1. The number of hydrogen-bond acceptors (Lipinski definition) is 2. The molecular formula is C11H20N2. The van der Waals surface area contributed by atoms with Crippen molar-refractivity contribution in [3.05, 3.63) is 0 Å². The average molecular weight is 180 g/mol. The fourth-order valence-electron chi connectivity index (χ4n) is 2.55. The summed E-state index contributed by atoms with van der Waals surface area (Å²) in [7, 11) is 0. The first kappa shape index (κ1) is 10.4. The van der Waals surface area contributed by atoms with E-state index in [2.05, 4.69) is 33.9 Å². The van der Waals surface area contributed by atoms with Gasteiger partial charge in [0.15, 0.2) is 6.19 Å². The third kappa shape index (κ3) is 1.65. The molecule has 0 aliphatic carbocycles. The Bertz CT molecular complexity index is 205. The molecule has 0 N–H and O–H groups in total. The molecular weight excluding hydrogens is 160 g/mol. The predicted molar refractivity (Wildman–Crippen MR) is 53.9 cm³/mol. The second-order valence-electron chi connectivity index (χ2n) is 4.81. The van der Waals surface area contributed by atoms with Crippen LogP contribution in [0.1, 0.15) is 34.1 Å². The molecule has 0 radical (unpaired) electrons. The van der Waals surface area contributed by atoms with Crippen LogP contribution < -0.4 is 0 Å². The molecule has 0 aromatic carbocycles. The van der Waals surface area contributed by atoms with E-state index in [1.165, 1.54) is 6.42 Å². The van der Waals surface area contributed by atoms with E-state index in [1.54, 1.807) is 0 Å². The first-order chi connectivity index (χ1) is 6.03. The Kier molecular flexibility index (Phi) is 2.85. The van der Waals surface area contributed by atoms with Crippen LogP contribution in [0.4, 0.5) is 0 Å². The van der Waals surface area contributed by atoms with Gasteiger partial charge in [0, 0.05) is 13.1 Å².